The standard InChI is InChI=1S/C15H19N3O2S/c1-18(11-4-6-16-7-5-11)15(20)10-2-3-13-12(8-10)17-14(19)9-21-13/h2-3,8,11,16H,4-7,9H2,1H3,(H,17,19). The van der Waals surface area contributed by atoms with Gasteiger partial charge in [0.25, 0.3) is 5.91 Å². The molecule has 2 aliphatic rings. The molecule has 0 radical (unpaired) electrons. The van der Waals surface area contributed by atoms with Crippen molar-refractivity contribution in [3.63, 3.8) is 0 Å². The second-order valence-electron chi connectivity index (χ2n) is 5.45. The molecule has 6 heteroatoms. The quantitative estimate of drug-likeness (QED) is 0.870. The van der Waals surface area contributed by atoms with Crippen LogP contribution in [0.1, 0.15) is 23.2 Å². The van der Waals surface area contributed by atoms with Crippen LogP contribution in [0.3, 0.4) is 0 Å². The van der Waals surface area contributed by atoms with Gasteiger partial charge >= 0.3 is 0 Å². The van der Waals surface area contributed by atoms with E-state index < -0.39 is 0 Å². The lowest BCUT2D eigenvalue weighted by molar-refractivity contribution is -0.113. The molecule has 0 atom stereocenters. The molecular formula is C15H19N3O2S. The van der Waals surface area contributed by atoms with E-state index in [9.17, 15) is 9.59 Å². The zero-order chi connectivity index (χ0) is 14.8. The first kappa shape index (κ1) is 14.4. The summed E-state index contributed by atoms with van der Waals surface area (Å²) in [4.78, 5) is 26.9. The summed E-state index contributed by atoms with van der Waals surface area (Å²) in [5.74, 6) is 0.452. The Balaban J connectivity index is 1.78. The molecule has 0 aliphatic carbocycles. The molecule has 2 amide bonds. The van der Waals surface area contributed by atoms with Crippen LogP contribution >= 0.6 is 11.8 Å². The maximum absolute atomic E-state index is 12.6. The van der Waals surface area contributed by atoms with Crippen molar-refractivity contribution in [2.24, 2.45) is 0 Å². The number of carbonyl (C=O) groups excluding carboxylic acids is 2. The van der Waals surface area contributed by atoms with Gasteiger partial charge in [-0.3, -0.25) is 9.59 Å². The lowest BCUT2D eigenvalue weighted by atomic mass is 10.0. The van der Waals surface area contributed by atoms with Gasteiger partial charge in [0.1, 0.15) is 0 Å². The van der Waals surface area contributed by atoms with Crippen LogP contribution in [0.2, 0.25) is 0 Å². The lowest BCUT2D eigenvalue weighted by Gasteiger charge is -2.32. The van der Waals surface area contributed by atoms with E-state index in [1.165, 1.54) is 11.8 Å². The number of rotatable bonds is 2. The number of hydrogen-bond donors (Lipinski definition) is 2. The normalized spacial score (nSPS) is 18.8. The third kappa shape index (κ3) is 3.06. The van der Waals surface area contributed by atoms with Gasteiger partial charge in [0.15, 0.2) is 0 Å². The number of fused-ring (bicyclic) bond motifs is 1. The average molecular weight is 305 g/mol. The van der Waals surface area contributed by atoms with Crippen molar-refractivity contribution < 1.29 is 9.59 Å². The van der Waals surface area contributed by atoms with E-state index in [1.54, 1.807) is 6.07 Å². The van der Waals surface area contributed by atoms with Crippen molar-refractivity contribution in [2.75, 3.05) is 31.2 Å². The largest absolute Gasteiger partial charge is 0.339 e. The zero-order valence-corrected chi connectivity index (χ0v) is 12.8. The number of piperidine rings is 1. The fourth-order valence-corrected chi connectivity index (χ4v) is 3.57. The third-order valence-corrected chi connectivity index (χ3v) is 5.11. The minimum Gasteiger partial charge on any atom is -0.339 e. The summed E-state index contributed by atoms with van der Waals surface area (Å²) in [6, 6.07) is 5.85. The highest BCUT2D eigenvalue weighted by Gasteiger charge is 2.24. The molecule has 1 fully saturated rings. The van der Waals surface area contributed by atoms with Gasteiger partial charge in [-0.05, 0) is 44.1 Å². The van der Waals surface area contributed by atoms with Gasteiger partial charge < -0.3 is 15.5 Å². The molecule has 0 saturated carbocycles. The van der Waals surface area contributed by atoms with Gasteiger partial charge in [-0.15, -0.1) is 11.8 Å². The van der Waals surface area contributed by atoms with Crippen LogP contribution in [-0.4, -0.2) is 48.6 Å². The predicted octanol–water partition coefficient (Wildman–Crippen LogP) is 1.55. The van der Waals surface area contributed by atoms with Crippen molar-refractivity contribution in [2.45, 2.75) is 23.8 Å². The Hall–Kier alpha value is -1.53. The van der Waals surface area contributed by atoms with E-state index in [1.807, 2.05) is 24.1 Å². The van der Waals surface area contributed by atoms with Crippen LogP contribution < -0.4 is 10.6 Å². The molecule has 0 spiro atoms. The summed E-state index contributed by atoms with van der Waals surface area (Å²) >= 11 is 1.51. The van der Waals surface area contributed by atoms with Crippen LogP contribution in [0, 0.1) is 0 Å². The first-order valence-electron chi connectivity index (χ1n) is 7.20. The molecule has 2 N–H and O–H groups in total. The highest BCUT2D eigenvalue weighted by Crippen LogP contribution is 2.32. The molecule has 0 aromatic heterocycles. The van der Waals surface area contributed by atoms with Gasteiger partial charge in [0, 0.05) is 23.5 Å². The Morgan fingerprint density at radius 2 is 2.10 bits per heavy atom. The maximum Gasteiger partial charge on any atom is 0.253 e. The Morgan fingerprint density at radius 1 is 1.33 bits per heavy atom. The fourth-order valence-electron chi connectivity index (χ4n) is 2.78. The predicted molar refractivity (Wildman–Crippen MR) is 83.8 cm³/mol. The van der Waals surface area contributed by atoms with Crippen LogP contribution in [-0.2, 0) is 4.79 Å². The number of benzene rings is 1. The first-order chi connectivity index (χ1) is 10.1. The van der Waals surface area contributed by atoms with E-state index in [0.717, 1.165) is 36.5 Å². The molecule has 1 saturated heterocycles. The maximum atomic E-state index is 12.6. The van der Waals surface area contributed by atoms with Crippen molar-refractivity contribution in [1.29, 1.82) is 0 Å². The molecule has 2 aliphatic heterocycles. The Bertz CT molecular complexity index is 570. The summed E-state index contributed by atoms with van der Waals surface area (Å²) in [7, 11) is 1.87. The number of carbonyl (C=O) groups is 2. The van der Waals surface area contributed by atoms with E-state index in [-0.39, 0.29) is 11.8 Å². The van der Waals surface area contributed by atoms with Crippen LogP contribution in [0.5, 0.6) is 0 Å². The molecule has 2 heterocycles. The first-order valence-corrected chi connectivity index (χ1v) is 8.18. The molecule has 0 bridgehead atoms. The fraction of sp³-hybridized carbons (Fsp3) is 0.467. The smallest absolute Gasteiger partial charge is 0.253 e. The monoisotopic (exact) mass is 305 g/mol. The molecule has 112 valence electrons. The SMILES string of the molecule is CN(C(=O)c1ccc2c(c1)NC(=O)CS2)C1CCNCC1. The van der Waals surface area contributed by atoms with E-state index in [0.29, 0.717) is 17.4 Å². The summed E-state index contributed by atoms with van der Waals surface area (Å²) in [6.45, 7) is 1.92. The summed E-state index contributed by atoms with van der Waals surface area (Å²) in [5, 5.41) is 6.14. The highest BCUT2D eigenvalue weighted by molar-refractivity contribution is 8.00. The van der Waals surface area contributed by atoms with Crippen LogP contribution in [0.15, 0.2) is 23.1 Å². The van der Waals surface area contributed by atoms with Crippen molar-refractivity contribution in [3.8, 4) is 0 Å². The third-order valence-electron chi connectivity index (χ3n) is 4.04. The second kappa shape index (κ2) is 6.07. The van der Waals surface area contributed by atoms with Gasteiger partial charge in [-0.1, -0.05) is 0 Å². The molecular weight excluding hydrogens is 286 g/mol. The van der Waals surface area contributed by atoms with E-state index in [4.69, 9.17) is 0 Å². The van der Waals surface area contributed by atoms with Crippen molar-refractivity contribution >= 4 is 29.3 Å². The summed E-state index contributed by atoms with van der Waals surface area (Å²) in [6.07, 6.45) is 1.97. The van der Waals surface area contributed by atoms with Gasteiger partial charge in [-0.2, -0.15) is 0 Å². The number of thioether (sulfide) groups is 1. The van der Waals surface area contributed by atoms with Gasteiger partial charge in [0.05, 0.1) is 11.4 Å². The number of nitrogens with zero attached hydrogens (tertiary/aromatic N) is 1. The van der Waals surface area contributed by atoms with Gasteiger partial charge in [0.2, 0.25) is 5.91 Å². The Kier molecular flexibility index (Phi) is 4.17. The van der Waals surface area contributed by atoms with Crippen LogP contribution in [0.25, 0.3) is 0 Å². The number of hydrogen-bond acceptors (Lipinski definition) is 4. The molecule has 1 aromatic carbocycles. The second-order valence-corrected chi connectivity index (χ2v) is 6.46. The molecule has 1 aromatic rings. The number of amides is 2. The minimum absolute atomic E-state index is 0.0104. The molecule has 5 nitrogen and oxygen atoms in total. The molecule has 21 heavy (non-hydrogen) atoms. The Labute approximate surface area is 128 Å². The minimum atomic E-state index is -0.0104. The molecule has 0 unspecified atom stereocenters. The average Bonchev–Trinajstić information content (AvgIpc) is 2.53. The van der Waals surface area contributed by atoms with Crippen molar-refractivity contribution in [3.05, 3.63) is 23.8 Å². The van der Waals surface area contributed by atoms with Crippen molar-refractivity contribution in [1.82, 2.24) is 10.2 Å². The summed E-state index contributed by atoms with van der Waals surface area (Å²) in [5.41, 5.74) is 1.39. The van der Waals surface area contributed by atoms with Gasteiger partial charge in [-0.25, -0.2) is 0 Å². The summed E-state index contributed by atoms with van der Waals surface area (Å²) < 4.78 is 0. The zero-order valence-electron chi connectivity index (χ0n) is 12.0. The lowest BCUT2D eigenvalue weighted by Crippen LogP contribution is -2.44. The van der Waals surface area contributed by atoms with E-state index in [2.05, 4.69) is 10.6 Å². The highest BCUT2D eigenvalue weighted by atomic mass is 32.2. The number of nitrogens with one attached hydrogen (secondary N) is 2. The molecule has 3 rings (SSSR count). The number of anilines is 1. The topological polar surface area (TPSA) is 61.4 Å². The Morgan fingerprint density at radius 3 is 2.86 bits per heavy atom. The van der Waals surface area contributed by atoms with Crippen LogP contribution in [0.4, 0.5) is 5.69 Å². The van der Waals surface area contributed by atoms with E-state index >= 15 is 0 Å².